The van der Waals surface area contributed by atoms with Crippen LogP contribution in [0.15, 0.2) is 22.7 Å². The van der Waals surface area contributed by atoms with Gasteiger partial charge < -0.3 is 14.8 Å². The van der Waals surface area contributed by atoms with E-state index >= 15 is 0 Å². The summed E-state index contributed by atoms with van der Waals surface area (Å²) in [4.78, 5) is 0. The van der Waals surface area contributed by atoms with Crippen LogP contribution in [-0.4, -0.2) is 33.0 Å². The van der Waals surface area contributed by atoms with E-state index < -0.39 is 0 Å². The van der Waals surface area contributed by atoms with E-state index in [4.69, 9.17) is 9.47 Å². The molecule has 1 saturated heterocycles. The molecule has 0 aliphatic carbocycles. The van der Waals surface area contributed by atoms with E-state index in [9.17, 15) is 0 Å². The SMILES string of the molecule is Cc1cc(Br)cc(C2COCCN2)c1C1=CCOCC1. The average Bonchev–Trinajstić information content (AvgIpc) is 2.48. The van der Waals surface area contributed by atoms with Crippen LogP contribution in [0.4, 0.5) is 0 Å². The Kier molecular flexibility index (Phi) is 4.56. The summed E-state index contributed by atoms with van der Waals surface area (Å²) in [5, 5.41) is 3.57. The number of morpholine rings is 1. The number of ether oxygens (including phenoxy) is 2. The molecule has 0 radical (unpaired) electrons. The molecule has 2 heterocycles. The minimum absolute atomic E-state index is 0.277. The first-order valence-corrected chi connectivity index (χ1v) is 7.93. The van der Waals surface area contributed by atoms with Crippen LogP contribution in [0.25, 0.3) is 5.57 Å². The lowest BCUT2D eigenvalue weighted by molar-refractivity contribution is 0.0767. The lowest BCUT2D eigenvalue weighted by atomic mass is 9.89. The van der Waals surface area contributed by atoms with Crippen molar-refractivity contribution >= 4 is 21.5 Å². The van der Waals surface area contributed by atoms with Gasteiger partial charge in [0, 0.05) is 11.0 Å². The van der Waals surface area contributed by atoms with Crippen LogP contribution in [-0.2, 0) is 9.47 Å². The Morgan fingerprint density at radius 3 is 2.85 bits per heavy atom. The van der Waals surface area contributed by atoms with Gasteiger partial charge in [-0.25, -0.2) is 0 Å². The zero-order valence-corrected chi connectivity index (χ0v) is 13.3. The fourth-order valence-corrected chi connectivity index (χ4v) is 3.59. The van der Waals surface area contributed by atoms with Crippen molar-refractivity contribution in [1.29, 1.82) is 0 Å². The molecule has 3 rings (SSSR count). The number of benzene rings is 1. The van der Waals surface area contributed by atoms with Crippen molar-refractivity contribution in [3.05, 3.63) is 39.4 Å². The van der Waals surface area contributed by atoms with Gasteiger partial charge >= 0.3 is 0 Å². The van der Waals surface area contributed by atoms with Gasteiger partial charge in [-0.05, 0) is 47.7 Å². The molecule has 4 heteroatoms. The smallest absolute Gasteiger partial charge is 0.0662 e. The zero-order valence-electron chi connectivity index (χ0n) is 11.7. The molecule has 1 unspecified atom stereocenters. The number of rotatable bonds is 2. The zero-order chi connectivity index (χ0) is 13.9. The first-order valence-electron chi connectivity index (χ1n) is 7.14. The Balaban J connectivity index is 2.04. The summed E-state index contributed by atoms with van der Waals surface area (Å²) in [6, 6.07) is 4.70. The van der Waals surface area contributed by atoms with E-state index in [-0.39, 0.29) is 6.04 Å². The molecule has 0 saturated carbocycles. The van der Waals surface area contributed by atoms with Gasteiger partial charge in [-0.15, -0.1) is 0 Å². The van der Waals surface area contributed by atoms with Gasteiger partial charge in [0.05, 0.1) is 32.5 Å². The van der Waals surface area contributed by atoms with Crippen LogP contribution in [0.3, 0.4) is 0 Å². The van der Waals surface area contributed by atoms with Gasteiger partial charge in [0.25, 0.3) is 0 Å². The van der Waals surface area contributed by atoms with Gasteiger partial charge in [-0.1, -0.05) is 22.0 Å². The Morgan fingerprint density at radius 2 is 2.15 bits per heavy atom. The average molecular weight is 338 g/mol. The highest BCUT2D eigenvalue weighted by atomic mass is 79.9. The molecular weight excluding hydrogens is 318 g/mol. The molecule has 2 aliphatic rings. The van der Waals surface area contributed by atoms with Gasteiger partial charge in [0.15, 0.2) is 0 Å². The maximum Gasteiger partial charge on any atom is 0.0662 e. The highest BCUT2D eigenvalue weighted by Crippen LogP contribution is 2.34. The topological polar surface area (TPSA) is 30.5 Å². The van der Waals surface area contributed by atoms with Gasteiger partial charge in [-0.2, -0.15) is 0 Å². The molecule has 1 aromatic rings. The monoisotopic (exact) mass is 337 g/mol. The highest BCUT2D eigenvalue weighted by Gasteiger charge is 2.22. The molecule has 0 aromatic heterocycles. The quantitative estimate of drug-likeness (QED) is 0.898. The first-order chi connectivity index (χ1) is 9.75. The number of aryl methyl sites for hydroxylation is 1. The van der Waals surface area contributed by atoms with Crippen molar-refractivity contribution in [3.8, 4) is 0 Å². The highest BCUT2D eigenvalue weighted by molar-refractivity contribution is 9.10. The minimum Gasteiger partial charge on any atom is -0.378 e. The molecule has 3 nitrogen and oxygen atoms in total. The summed E-state index contributed by atoms with van der Waals surface area (Å²) in [6.45, 7) is 6.18. The molecule has 1 N–H and O–H groups in total. The van der Waals surface area contributed by atoms with Crippen LogP contribution in [0.5, 0.6) is 0 Å². The maximum absolute atomic E-state index is 5.64. The Morgan fingerprint density at radius 1 is 1.25 bits per heavy atom. The van der Waals surface area contributed by atoms with Crippen LogP contribution < -0.4 is 5.32 Å². The molecule has 2 aliphatic heterocycles. The summed E-state index contributed by atoms with van der Waals surface area (Å²) in [5.41, 5.74) is 5.43. The number of hydrogen-bond acceptors (Lipinski definition) is 3. The third-order valence-corrected chi connectivity index (χ3v) is 4.37. The maximum atomic E-state index is 5.64. The lowest BCUT2D eigenvalue weighted by Crippen LogP contribution is -2.35. The van der Waals surface area contributed by atoms with E-state index in [1.165, 1.54) is 22.3 Å². The van der Waals surface area contributed by atoms with Crippen LogP contribution in [0.2, 0.25) is 0 Å². The second kappa shape index (κ2) is 6.39. The summed E-state index contributed by atoms with van der Waals surface area (Å²) < 4.78 is 12.2. The van der Waals surface area contributed by atoms with E-state index in [0.29, 0.717) is 0 Å². The first kappa shape index (κ1) is 14.3. The fourth-order valence-electron chi connectivity index (χ4n) is 3.00. The van der Waals surface area contributed by atoms with Gasteiger partial charge in [-0.3, -0.25) is 0 Å². The van der Waals surface area contributed by atoms with Gasteiger partial charge in [0.1, 0.15) is 0 Å². The number of hydrogen-bond donors (Lipinski definition) is 1. The van der Waals surface area contributed by atoms with Crippen LogP contribution in [0.1, 0.15) is 29.2 Å². The minimum atomic E-state index is 0.277. The van der Waals surface area contributed by atoms with Crippen molar-refractivity contribution in [2.24, 2.45) is 0 Å². The Bertz CT molecular complexity index is 521. The van der Waals surface area contributed by atoms with Crippen LogP contribution >= 0.6 is 15.9 Å². The predicted octanol–water partition coefficient (Wildman–Crippen LogP) is 3.22. The predicted molar refractivity (Wildman–Crippen MR) is 83.9 cm³/mol. The molecule has 1 fully saturated rings. The van der Waals surface area contributed by atoms with E-state index in [2.05, 4.69) is 46.4 Å². The molecule has 20 heavy (non-hydrogen) atoms. The third kappa shape index (κ3) is 2.98. The van der Waals surface area contributed by atoms with Crippen molar-refractivity contribution < 1.29 is 9.47 Å². The van der Waals surface area contributed by atoms with Crippen molar-refractivity contribution in [3.63, 3.8) is 0 Å². The third-order valence-electron chi connectivity index (χ3n) is 3.91. The second-order valence-corrected chi connectivity index (χ2v) is 6.24. The van der Waals surface area contributed by atoms with Crippen molar-refractivity contribution in [1.82, 2.24) is 5.32 Å². The van der Waals surface area contributed by atoms with E-state index in [1.807, 2.05) is 0 Å². The van der Waals surface area contributed by atoms with Crippen molar-refractivity contribution in [2.75, 3.05) is 33.0 Å². The normalized spacial score (nSPS) is 23.5. The second-order valence-electron chi connectivity index (χ2n) is 5.32. The lowest BCUT2D eigenvalue weighted by Gasteiger charge is -2.28. The standard InChI is InChI=1S/C16H20BrNO2/c1-11-8-13(17)9-14(15-10-20-7-4-18-15)16(11)12-2-5-19-6-3-12/h2,8-9,15,18H,3-7,10H2,1H3. The molecule has 0 bridgehead atoms. The summed E-state index contributed by atoms with van der Waals surface area (Å²) >= 11 is 3.63. The summed E-state index contributed by atoms with van der Waals surface area (Å²) in [6.07, 6.45) is 3.20. The van der Waals surface area contributed by atoms with Crippen molar-refractivity contribution in [2.45, 2.75) is 19.4 Å². The Labute approximate surface area is 128 Å². The Hall–Kier alpha value is -0.680. The molecule has 1 atom stereocenters. The fraction of sp³-hybridized carbons (Fsp3) is 0.500. The molecule has 1 aromatic carbocycles. The van der Waals surface area contributed by atoms with E-state index in [0.717, 1.165) is 43.9 Å². The molecule has 108 valence electrons. The molecule has 0 amide bonds. The van der Waals surface area contributed by atoms with Crippen LogP contribution in [0, 0.1) is 6.92 Å². The molecular formula is C16H20BrNO2. The molecule has 0 spiro atoms. The van der Waals surface area contributed by atoms with Gasteiger partial charge in [0.2, 0.25) is 0 Å². The van der Waals surface area contributed by atoms with E-state index in [1.54, 1.807) is 0 Å². The summed E-state index contributed by atoms with van der Waals surface area (Å²) in [7, 11) is 0. The summed E-state index contributed by atoms with van der Waals surface area (Å²) in [5.74, 6) is 0. The number of halogens is 1. The largest absolute Gasteiger partial charge is 0.378 e. The number of nitrogens with one attached hydrogen (secondary N) is 1.